The van der Waals surface area contributed by atoms with Crippen molar-refractivity contribution < 1.29 is 33.0 Å². The minimum atomic E-state index is -1.10. The molecule has 0 radical (unpaired) electrons. The molecule has 2 aromatic rings. The van der Waals surface area contributed by atoms with Crippen LogP contribution in [0.2, 0.25) is 0 Å². The Balaban J connectivity index is 1.65. The first-order valence-corrected chi connectivity index (χ1v) is 14.3. The number of ether oxygens (including phenoxy) is 1. The van der Waals surface area contributed by atoms with E-state index in [1.165, 1.54) is 12.0 Å². The Morgan fingerprint density at radius 2 is 1.87 bits per heavy atom. The maximum absolute atomic E-state index is 15.1. The minimum absolute atomic E-state index is 0.0434. The Labute approximate surface area is 223 Å². The fraction of sp³-hybridized carbons (Fsp3) is 0.481. The van der Waals surface area contributed by atoms with Gasteiger partial charge >= 0.3 is 5.97 Å². The van der Waals surface area contributed by atoms with E-state index in [4.69, 9.17) is 9.84 Å². The van der Waals surface area contributed by atoms with E-state index < -0.39 is 40.2 Å². The number of carbonyl (C=O) groups is 3. The van der Waals surface area contributed by atoms with E-state index in [0.717, 1.165) is 12.1 Å². The number of nitrogens with one attached hydrogen (secondary N) is 1. The van der Waals surface area contributed by atoms with Gasteiger partial charge in [-0.2, -0.15) is 0 Å². The molecule has 2 amide bonds. The highest BCUT2D eigenvalue weighted by Crippen LogP contribution is 2.45. The number of hydrogen-bond donors (Lipinski definition) is 2. The third kappa shape index (κ3) is 5.34. The van der Waals surface area contributed by atoms with Crippen molar-refractivity contribution in [2.75, 3.05) is 31.5 Å². The Hall–Kier alpha value is -3.21. The first-order valence-electron chi connectivity index (χ1n) is 12.3. The number of hydrogen-bond acceptors (Lipinski definition) is 5. The monoisotopic (exact) mass is 548 g/mol. The van der Waals surface area contributed by atoms with Crippen LogP contribution in [-0.4, -0.2) is 58.9 Å². The molecule has 8 nitrogen and oxygen atoms in total. The lowest BCUT2D eigenvalue weighted by molar-refractivity contribution is -0.141. The number of fused-ring (bicyclic) bond motifs is 1. The largest absolute Gasteiger partial charge is 0.481 e. The molecule has 4 rings (SSSR count). The zero-order chi connectivity index (χ0) is 27.9. The molecule has 1 unspecified atom stereocenters. The first-order chi connectivity index (χ1) is 17.8. The van der Waals surface area contributed by atoms with E-state index in [0.29, 0.717) is 30.0 Å². The molecule has 1 saturated carbocycles. The van der Waals surface area contributed by atoms with E-state index in [-0.39, 0.29) is 46.9 Å². The van der Waals surface area contributed by atoms with Crippen LogP contribution in [0.25, 0.3) is 0 Å². The van der Waals surface area contributed by atoms with Gasteiger partial charge in [0, 0.05) is 42.6 Å². The summed E-state index contributed by atoms with van der Waals surface area (Å²) in [6, 6.07) is 4.33. The highest BCUT2D eigenvalue weighted by Gasteiger charge is 2.49. The molecule has 0 saturated heterocycles. The number of nitrogens with zero attached hydrogens (tertiary/aromatic N) is 2. The van der Waals surface area contributed by atoms with E-state index in [9.17, 15) is 14.4 Å². The molecule has 2 heterocycles. The number of carbonyl (C=O) groups excluding carboxylic acids is 2. The van der Waals surface area contributed by atoms with Gasteiger partial charge in [0.25, 0.3) is 5.91 Å². The topological polar surface area (TPSA) is 109 Å². The van der Waals surface area contributed by atoms with Gasteiger partial charge in [-0.3, -0.25) is 14.4 Å². The van der Waals surface area contributed by atoms with Crippen LogP contribution in [0.4, 0.5) is 14.5 Å². The van der Waals surface area contributed by atoms with E-state index in [1.807, 2.05) is 12.5 Å². The molecule has 11 heteroatoms. The highest BCUT2D eigenvalue weighted by atomic mass is 32.2. The van der Waals surface area contributed by atoms with E-state index in [1.54, 1.807) is 26.0 Å². The molecule has 1 fully saturated rings. The first kappa shape index (κ1) is 27.8. The summed E-state index contributed by atoms with van der Waals surface area (Å²) >= 11 is 0. The number of amides is 2. The van der Waals surface area contributed by atoms with E-state index >= 15 is 8.78 Å². The molecule has 1 aromatic carbocycles. The normalized spacial score (nSPS) is 20.6. The third-order valence-corrected chi connectivity index (χ3v) is 9.77. The minimum Gasteiger partial charge on any atom is -0.481 e. The second-order valence-corrected chi connectivity index (χ2v) is 13.1. The quantitative estimate of drug-likeness (QED) is 0.488. The van der Waals surface area contributed by atoms with Crippen LogP contribution in [-0.2, 0) is 36.4 Å². The summed E-state index contributed by atoms with van der Waals surface area (Å²) < 4.78 is 34.7. The second kappa shape index (κ2) is 10.5. The lowest BCUT2D eigenvalue weighted by atomic mass is 9.95. The second-order valence-electron chi connectivity index (χ2n) is 10.4. The SMILES string of the molecule is COc1ccc2c(n1)CCN(C(=O)C1C[C@H]1CC(=O)O)[C@H]2C(=O)Nc1cc(F)c(C(C)(C)[S+](C)C)c(F)c1. The summed E-state index contributed by atoms with van der Waals surface area (Å²) in [4.78, 5) is 43.9. The van der Waals surface area contributed by atoms with Gasteiger partial charge in [0.15, 0.2) is 4.75 Å². The summed E-state index contributed by atoms with van der Waals surface area (Å²) in [6.07, 6.45) is 4.51. The molecule has 1 aromatic heterocycles. The number of carboxylic acids is 1. The van der Waals surface area contributed by atoms with Crippen LogP contribution < -0.4 is 10.1 Å². The van der Waals surface area contributed by atoms with Crippen LogP contribution in [0, 0.1) is 23.5 Å². The number of anilines is 1. The van der Waals surface area contributed by atoms with Crippen molar-refractivity contribution in [2.45, 2.75) is 43.9 Å². The van der Waals surface area contributed by atoms with E-state index in [2.05, 4.69) is 10.3 Å². The fourth-order valence-corrected chi connectivity index (χ4v) is 5.55. The average Bonchev–Trinajstić information content (AvgIpc) is 3.59. The molecular weight excluding hydrogens is 516 g/mol. The lowest BCUT2D eigenvalue weighted by Gasteiger charge is -2.36. The molecule has 1 aliphatic carbocycles. The Kier molecular flexibility index (Phi) is 7.69. The molecule has 2 N–H and O–H groups in total. The molecule has 0 spiro atoms. The summed E-state index contributed by atoms with van der Waals surface area (Å²) in [6.45, 7) is 3.73. The van der Waals surface area contributed by atoms with Gasteiger partial charge in [-0.25, -0.2) is 13.8 Å². The summed E-state index contributed by atoms with van der Waals surface area (Å²) in [5.74, 6) is -3.85. The fourth-order valence-electron chi connectivity index (χ4n) is 4.95. The van der Waals surface area contributed by atoms with Crippen LogP contribution in [0.3, 0.4) is 0 Å². The number of halogens is 2. The van der Waals surface area contributed by atoms with Crippen molar-refractivity contribution in [3.05, 3.63) is 52.7 Å². The number of carboxylic acid groups (broad SMARTS) is 1. The van der Waals surface area contributed by atoms with Crippen LogP contribution in [0.1, 0.15) is 49.6 Å². The molecule has 204 valence electrons. The maximum Gasteiger partial charge on any atom is 0.303 e. The lowest BCUT2D eigenvalue weighted by Crippen LogP contribution is -2.46. The number of benzene rings is 1. The van der Waals surface area contributed by atoms with Crippen molar-refractivity contribution >= 4 is 34.4 Å². The van der Waals surface area contributed by atoms with Gasteiger partial charge in [0.1, 0.15) is 17.7 Å². The molecule has 0 bridgehead atoms. The van der Waals surface area contributed by atoms with Crippen molar-refractivity contribution in [1.29, 1.82) is 0 Å². The predicted molar refractivity (Wildman–Crippen MR) is 140 cm³/mol. The highest BCUT2D eigenvalue weighted by molar-refractivity contribution is 7.96. The van der Waals surface area contributed by atoms with Crippen molar-refractivity contribution in [1.82, 2.24) is 9.88 Å². The summed E-state index contributed by atoms with van der Waals surface area (Å²) in [5.41, 5.74) is 0.961. The summed E-state index contributed by atoms with van der Waals surface area (Å²) in [7, 11) is 1.15. The Morgan fingerprint density at radius 3 is 2.45 bits per heavy atom. The molecule has 38 heavy (non-hydrogen) atoms. The predicted octanol–water partition coefficient (Wildman–Crippen LogP) is 3.66. The third-order valence-electron chi connectivity index (χ3n) is 7.53. The molecule has 3 atom stereocenters. The number of rotatable bonds is 8. The van der Waals surface area contributed by atoms with Crippen LogP contribution >= 0.6 is 0 Å². The zero-order valence-corrected chi connectivity index (χ0v) is 22.8. The molecule has 1 aliphatic heterocycles. The van der Waals surface area contributed by atoms with Crippen molar-refractivity contribution in [3.63, 3.8) is 0 Å². The van der Waals surface area contributed by atoms with Crippen LogP contribution in [0.15, 0.2) is 24.3 Å². The van der Waals surface area contributed by atoms with Crippen molar-refractivity contribution in [2.24, 2.45) is 11.8 Å². The molecular formula is C27H32F2N3O5S+. The van der Waals surface area contributed by atoms with Crippen molar-refractivity contribution in [3.8, 4) is 5.88 Å². The Morgan fingerprint density at radius 1 is 1.21 bits per heavy atom. The van der Waals surface area contributed by atoms with Gasteiger partial charge in [-0.05, 0) is 55.3 Å². The van der Waals surface area contributed by atoms with Crippen LogP contribution in [0.5, 0.6) is 5.88 Å². The van der Waals surface area contributed by atoms with Gasteiger partial charge in [-0.15, -0.1) is 0 Å². The average molecular weight is 549 g/mol. The smallest absolute Gasteiger partial charge is 0.303 e. The zero-order valence-electron chi connectivity index (χ0n) is 22.0. The maximum atomic E-state index is 15.1. The number of aliphatic carboxylic acids is 1. The Bertz CT molecular complexity index is 1260. The standard InChI is InChI=1S/C27H31F2N3O5S/c1-27(2,38(4)5)23-18(28)12-15(13-19(23)29)30-25(35)24-16-6-7-21(37-3)31-20(16)8-9-32(24)26(36)17-10-14(17)11-22(33)34/h6-7,12-14,17,24H,8-11H2,1-5H3,(H-,30,33,34,35)/p+1/t14-,17?,24+/m0/s1. The van der Waals surface area contributed by atoms with Gasteiger partial charge in [0.05, 0.1) is 30.9 Å². The molecule has 2 aliphatic rings. The van der Waals surface area contributed by atoms with Gasteiger partial charge in [-0.1, -0.05) is 0 Å². The number of methoxy groups -OCH3 is 1. The summed E-state index contributed by atoms with van der Waals surface area (Å²) in [5, 5.41) is 11.7. The number of pyridine rings is 1. The van der Waals surface area contributed by atoms with Gasteiger partial charge in [0.2, 0.25) is 11.8 Å². The number of aromatic nitrogens is 1. The van der Waals surface area contributed by atoms with Gasteiger partial charge < -0.3 is 20.1 Å².